The van der Waals surface area contributed by atoms with Crippen molar-refractivity contribution in [1.29, 1.82) is 0 Å². The van der Waals surface area contributed by atoms with Crippen molar-refractivity contribution in [3.8, 4) is 28.0 Å². The zero-order valence-corrected chi connectivity index (χ0v) is 22.3. The van der Waals surface area contributed by atoms with Gasteiger partial charge in [0.1, 0.15) is 0 Å². The summed E-state index contributed by atoms with van der Waals surface area (Å²) in [5.74, 6) is -0.0260. The molecule has 0 N–H and O–H groups in total. The topological polar surface area (TPSA) is 18.5 Å². The predicted molar refractivity (Wildman–Crippen MR) is 150 cm³/mol. The van der Waals surface area contributed by atoms with Crippen LogP contribution in [0.15, 0.2) is 73.3 Å². The second-order valence-corrected chi connectivity index (χ2v) is 10.8. The smallest absolute Gasteiger partial charge is 0.201 e. The minimum atomic E-state index is -0.933. The zero-order valence-electron chi connectivity index (χ0n) is 22.3. The molecule has 1 saturated heterocycles. The first-order chi connectivity index (χ1) is 18.6. The van der Waals surface area contributed by atoms with Crippen molar-refractivity contribution in [1.82, 2.24) is 0 Å². The van der Waals surface area contributed by atoms with Gasteiger partial charge in [-0.2, -0.15) is 4.39 Å². The molecule has 38 heavy (non-hydrogen) atoms. The summed E-state index contributed by atoms with van der Waals surface area (Å²) in [6.07, 6.45) is 10.5. The maximum Gasteiger partial charge on any atom is 0.201 e. The first kappa shape index (κ1) is 26.6. The Morgan fingerprint density at radius 2 is 1.47 bits per heavy atom. The fourth-order valence-electron chi connectivity index (χ4n) is 6.04. The van der Waals surface area contributed by atoms with Crippen LogP contribution in [0.2, 0.25) is 0 Å². The molecule has 1 heterocycles. The molecule has 200 valence electrons. The quantitative estimate of drug-likeness (QED) is 0.278. The van der Waals surface area contributed by atoms with Crippen LogP contribution in [0, 0.1) is 23.5 Å². The second kappa shape index (κ2) is 12.3. The van der Waals surface area contributed by atoms with Gasteiger partial charge >= 0.3 is 0 Å². The van der Waals surface area contributed by atoms with E-state index in [1.807, 2.05) is 37.3 Å². The lowest BCUT2D eigenvalue weighted by atomic mass is 9.75. The van der Waals surface area contributed by atoms with Gasteiger partial charge < -0.3 is 9.47 Å². The molecule has 0 aromatic heterocycles. The third-order valence-corrected chi connectivity index (χ3v) is 8.40. The van der Waals surface area contributed by atoms with Gasteiger partial charge in [0.15, 0.2) is 11.6 Å². The van der Waals surface area contributed by atoms with E-state index < -0.39 is 11.6 Å². The van der Waals surface area contributed by atoms with Crippen LogP contribution >= 0.6 is 0 Å². The van der Waals surface area contributed by atoms with E-state index >= 15 is 0 Å². The molecule has 1 saturated carbocycles. The Balaban J connectivity index is 1.20. The van der Waals surface area contributed by atoms with Crippen molar-refractivity contribution in [2.45, 2.75) is 63.9 Å². The van der Waals surface area contributed by atoms with Crippen molar-refractivity contribution in [3.63, 3.8) is 0 Å². The molecule has 5 rings (SSSR count). The Morgan fingerprint density at radius 3 is 2.08 bits per heavy atom. The summed E-state index contributed by atoms with van der Waals surface area (Å²) >= 11 is 0. The molecule has 1 aliphatic heterocycles. The van der Waals surface area contributed by atoms with Gasteiger partial charge in [-0.05, 0) is 91.2 Å². The van der Waals surface area contributed by atoms with E-state index in [1.165, 1.54) is 50.2 Å². The van der Waals surface area contributed by atoms with E-state index in [1.54, 1.807) is 6.07 Å². The average molecular weight is 517 g/mol. The summed E-state index contributed by atoms with van der Waals surface area (Å²) in [5.41, 5.74) is 4.46. The molecule has 2 nitrogen and oxygen atoms in total. The maximum atomic E-state index is 14.7. The Hall–Kier alpha value is -2.98. The standard InChI is InChI=1S/C34H38F2O2/c1-3-21-37-32-20-18-30(33(35)34(32)36)28-14-10-26(11-15-28)24-6-8-25(9-7-24)27-12-16-29(17-13-27)31-19-5-23(4-2)22-38-31/h4,6-11,14-15,18,20,23,27,29,31H,2-3,5,12-13,16-17,19,21-22H2,1H3. The van der Waals surface area contributed by atoms with Crippen LogP contribution in [0.5, 0.6) is 5.75 Å². The lowest BCUT2D eigenvalue weighted by Gasteiger charge is -2.37. The average Bonchev–Trinajstić information content (AvgIpc) is 2.98. The number of hydrogen-bond acceptors (Lipinski definition) is 2. The number of hydrogen-bond donors (Lipinski definition) is 0. The van der Waals surface area contributed by atoms with Crippen LogP contribution in [0.25, 0.3) is 22.3 Å². The highest BCUT2D eigenvalue weighted by atomic mass is 19.2. The molecule has 2 aliphatic rings. The van der Waals surface area contributed by atoms with Crippen LogP contribution in [0.3, 0.4) is 0 Å². The fourth-order valence-corrected chi connectivity index (χ4v) is 6.04. The van der Waals surface area contributed by atoms with E-state index in [9.17, 15) is 8.78 Å². The first-order valence-electron chi connectivity index (χ1n) is 14.1. The maximum absolute atomic E-state index is 14.7. The van der Waals surface area contributed by atoms with E-state index in [2.05, 4.69) is 30.8 Å². The Bertz CT molecular complexity index is 1200. The molecule has 2 unspecified atom stereocenters. The van der Waals surface area contributed by atoms with Crippen LogP contribution in [0.1, 0.15) is 63.4 Å². The molecular formula is C34H38F2O2. The summed E-state index contributed by atoms with van der Waals surface area (Å²) in [7, 11) is 0. The number of halogens is 2. The van der Waals surface area contributed by atoms with Gasteiger partial charge in [0.2, 0.25) is 5.82 Å². The molecule has 3 aromatic carbocycles. The molecular weight excluding hydrogens is 478 g/mol. The first-order valence-corrected chi connectivity index (χ1v) is 14.1. The minimum absolute atomic E-state index is 0.0396. The van der Waals surface area contributed by atoms with Crippen molar-refractivity contribution in [3.05, 3.63) is 90.5 Å². The monoisotopic (exact) mass is 516 g/mol. The molecule has 1 aliphatic carbocycles. The number of benzene rings is 3. The van der Waals surface area contributed by atoms with Gasteiger partial charge in [-0.3, -0.25) is 0 Å². The van der Waals surface area contributed by atoms with E-state index in [-0.39, 0.29) is 11.3 Å². The number of rotatable bonds is 8. The van der Waals surface area contributed by atoms with Crippen LogP contribution in [0.4, 0.5) is 8.78 Å². The highest BCUT2D eigenvalue weighted by Gasteiger charge is 2.31. The van der Waals surface area contributed by atoms with Crippen LogP contribution < -0.4 is 4.74 Å². The van der Waals surface area contributed by atoms with E-state index in [4.69, 9.17) is 9.47 Å². The largest absolute Gasteiger partial charge is 0.490 e. The van der Waals surface area contributed by atoms with Crippen molar-refractivity contribution >= 4 is 0 Å². The van der Waals surface area contributed by atoms with Crippen molar-refractivity contribution in [2.24, 2.45) is 11.8 Å². The summed E-state index contributed by atoms with van der Waals surface area (Å²) in [6.45, 7) is 7.03. The molecule has 0 bridgehead atoms. The zero-order chi connectivity index (χ0) is 26.5. The summed E-state index contributed by atoms with van der Waals surface area (Å²) in [5, 5.41) is 0. The normalized spacial score (nSPS) is 23.7. The Labute approximate surface area is 225 Å². The lowest BCUT2D eigenvalue weighted by molar-refractivity contribution is -0.0469. The third-order valence-electron chi connectivity index (χ3n) is 8.40. The predicted octanol–water partition coefficient (Wildman–Crippen LogP) is 9.34. The van der Waals surface area contributed by atoms with Crippen LogP contribution in [-0.2, 0) is 4.74 Å². The lowest BCUT2D eigenvalue weighted by Crippen LogP contribution is -2.33. The summed E-state index contributed by atoms with van der Waals surface area (Å²) < 4.78 is 40.6. The van der Waals surface area contributed by atoms with Crippen molar-refractivity contribution in [2.75, 3.05) is 13.2 Å². The van der Waals surface area contributed by atoms with Gasteiger partial charge in [0, 0.05) is 11.5 Å². The second-order valence-electron chi connectivity index (χ2n) is 10.8. The minimum Gasteiger partial charge on any atom is -0.490 e. The molecule has 3 aromatic rings. The summed E-state index contributed by atoms with van der Waals surface area (Å²) in [6, 6.07) is 19.6. The highest BCUT2D eigenvalue weighted by Crippen LogP contribution is 2.40. The Kier molecular flexibility index (Phi) is 8.58. The molecule has 0 amide bonds. The van der Waals surface area contributed by atoms with Gasteiger partial charge in [-0.1, -0.05) is 61.5 Å². The van der Waals surface area contributed by atoms with Gasteiger partial charge in [-0.15, -0.1) is 6.58 Å². The van der Waals surface area contributed by atoms with Gasteiger partial charge in [-0.25, -0.2) is 4.39 Å². The van der Waals surface area contributed by atoms with Crippen LogP contribution in [-0.4, -0.2) is 19.3 Å². The molecule has 0 spiro atoms. The van der Waals surface area contributed by atoms with Gasteiger partial charge in [0.25, 0.3) is 0 Å². The third kappa shape index (κ3) is 5.86. The van der Waals surface area contributed by atoms with Gasteiger partial charge in [0.05, 0.1) is 19.3 Å². The van der Waals surface area contributed by atoms with Crippen molar-refractivity contribution < 1.29 is 18.3 Å². The molecule has 0 radical (unpaired) electrons. The molecule has 2 atom stereocenters. The Morgan fingerprint density at radius 1 is 0.816 bits per heavy atom. The highest BCUT2D eigenvalue weighted by molar-refractivity contribution is 5.71. The number of ether oxygens (including phenoxy) is 2. The van der Waals surface area contributed by atoms with E-state index in [0.29, 0.717) is 36.0 Å². The molecule has 4 heteroatoms. The van der Waals surface area contributed by atoms with E-state index in [0.717, 1.165) is 24.2 Å². The fraction of sp³-hybridized carbons (Fsp3) is 0.412. The SMILES string of the molecule is C=CC1CCC(C2CCC(c3ccc(-c4ccc(-c5ccc(OCCC)c(F)c5F)cc4)cc3)CC2)OC1. The summed E-state index contributed by atoms with van der Waals surface area (Å²) in [4.78, 5) is 0. The molecule has 2 fully saturated rings.